The lowest BCUT2D eigenvalue weighted by Gasteiger charge is -2.39. The Labute approximate surface area is 226 Å². The first kappa shape index (κ1) is 25.2. The van der Waals surface area contributed by atoms with Gasteiger partial charge in [0.2, 0.25) is 0 Å². The van der Waals surface area contributed by atoms with Crippen LogP contribution < -0.4 is 15.7 Å². The number of carbonyl (C=O) groups excluding carboxylic acids is 1. The minimum absolute atomic E-state index is 0.0322. The topological polar surface area (TPSA) is 86.4 Å². The molecule has 0 saturated carbocycles. The van der Waals surface area contributed by atoms with Crippen molar-refractivity contribution >= 4 is 46.7 Å². The maximum Gasteiger partial charge on any atom is 0.162 e. The normalized spacial score (nSPS) is 18.4. The highest BCUT2D eigenvalue weighted by atomic mass is 35.5. The summed E-state index contributed by atoms with van der Waals surface area (Å²) in [7, 11) is 3.97. The number of ketones is 1. The summed E-state index contributed by atoms with van der Waals surface area (Å²) in [5, 5.41) is 17.7. The van der Waals surface area contributed by atoms with E-state index in [2.05, 4.69) is 29.2 Å². The summed E-state index contributed by atoms with van der Waals surface area (Å²) in [5.41, 5.74) is 4.55. The number of anilines is 2. The number of hydrogen-bond acceptors (Lipinski definition) is 6. The van der Waals surface area contributed by atoms with E-state index < -0.39 is 5.92 Å². The van der Waals surface area contributed by atoms with Gasteiger partial charge < -0.3 is 10.2 Å². The minimum atomic E-state index is -0.580. The van der Waals surface area contributed by atoms with Gasteiger partial charge in [0.05, 0.1) is 21.8 Å². The zero-order valence-electron chi connectivity index (χ0n) is 21.1. The van der Waals surface area contributed by atoms with Crippen molar-refractivity contribution in [2.75, 3.05) is 24.3 Å². The lowest BCUT2D eigenvalue weighted by Crippen LogP contribution is -2.38. The summed E-state index contributed by atoms with van der Waals surface area (Å²) in [5.74, 6) is -0.0233. The van der Waals surface area contributed by atoms with E-state index in [9.17, 15) is 4.79 Å². The molecular weight excluding hydrogens is 507 g/mol. The van der Waals surface area contributed by atoms with Crippen LogP contribution in [0.3, 0.4) is 0 Å². The van der Waals surface area contributed by atoms with Crippen LogP contribution in [0.15, 0.2) is 65.2 Å². The Bertz CT molecular complexity index is 1520. The molecule has 190 valence electrons. The number of fused-ring (bicyclic) bond motifs is 1. The van der Waals surface area contributed by atoms with E-state index in [0.29, 0.717) is 45.4 Å². The van der Waals surface area contributed by atoms with Crippen LogP contribution in [0, 0.1) is 10.8 Å². The largest absolute Gasteiger partial charge is 0.378 e. The third-order valence-corrected chi connectivity index (χ3v) is 7.67. The molecule has 0 radical (unpaired) electrons. The zero-order valence-corrected chi connectivity index (χ0v) is 22.7. The molecule has 2 heterocycles. The highest BCUT2D eigenvalue weighted by Gasteiger charge is 2.42. The molecule has 2 aromatic carbocycles. The average Bonchev–Trinajstić information content (AvgIpc) is 2.84. The Balaban J connectivity index is 1.64. The van der Waals surface area contributed by atoms with Crippen molar-refractivity contribution in [2.24, 2.45) is 10.5 Å². The molecule has 1 aromatic heterocycles. The van der Waals surface area contributed by atoms with Gasteiger partial charge >= 0.3 is 0 Å². The number of hydrogen-bond donors (Lipinski definition) is 2. The van der Waals surface area contributed by atoms with Gasteiger partial charge in [-0.05, 0) is 41.2 Å². The number of rotatable bonds is 4. The van der Waals surface area contributed by atoms with E-state index in [1.165, 1.54) is 11.0 Å². The quantitative estimate of drug-likeness (QED) is 0.413. The Kier molecular flexibility index (Phi) is 6.46. The van der Waals surface area contributed by atoms with Crippen molar-refractivity contribution in [2.45, 2.75) is 32.6 Å². The van der Waals surface area contributed by atoms with Gasteiger partial charge in [-0.15, -0.1) is 0 Å². The van der Waals surface area contributed by atoms with Gasteiger partial charge in [0.15, 0.2) is 11.3 Å². The van der Waals surface area contributed by atoms with Crippen LogP contribution in [-0.2, 0) is 4.79 Å². The maximum absolute atomic E-state index is 13.5. The highest BCUT2D eigenvalue weighted by molar-refractivity contribution is 6.42. The van der Waals surface area contributed by atoms with Gasteiger partial charge in [0.1, 0.15) is 12.1 Å². The summed E-state index contributed by atoms with van der Waals surface area (Å²) >= 11 is 13.1. The molecule has 0 saturated heterocycles. The summed E-state index contributed by atoms with van der Waals surface area (Å²) in [6.45, 7) is 4.16. The van der Waals surface area contributed by atoms with E-state index in [1.54, 1.807) is 12.3 Å². The molecule has 0 amide bonds. The van der Waals surface area contributed by atoms with Crippen molar-refractivity contribution in [3.63, 3.8) is 0 Å². The van der Waals surface area contributed by atoms with Crippen LogP contribution in [0.4, 0.5) is 11.5 Å². The van der Waals surface area contributed by atoms with Gasteiger partial charge in [0.25, 0.3) is 0 Å². The van der Waals surface area contributed by atoms with Crippen LogP contribution in [0.5, 0.6) is 0 Å². The molecule has 1 unspecified atom stereocenters. The molecule has 2 aliphatic rings. The summed E-state index contributed by atoms with van der Waals surface area (Å²) in [4.78, 5) is 20.2. The van der Waals surface area contributed by atoms with Gasteiger partial charge in [0, 0.05) is 43.4 Å². The summed E-state index contributed by atoms with van der Waals surface area (Å²) < 4.78 is 1.41. The fourth-order valence-corrected chi connectivity index (χ4v) is 5.46. The molecule has 37 heavy (non-hydrogen) atoms. The second-order valence-corrected chi connectivity index (χ2v) is 11.2. The lowest BCUT2D eigenvalue weighted by atomic mass is 9.69. The Morgan fingerprint density at radius 1 is 1.16 bits per heavy atom. The van der Waals surface area contributed by atoms with Crippen LogP contribution in [0.25, 0.3) is 0 Å². The monoisotopic (exact) mass is 534 g/mol. The fraction of sp³-hybridized carbons (Fsp3) is 0.286. The molecule has 1 aliphatic heterocycles. The number of halogens is 2. The Hall–Kier alpha value is -3.42. The van der Waals surface area contributed by atoms with Gasteiger partial charge in [-0.25, -0.2) is 9.66 Å². The maximum atomic E-state index is 13.5. The molecular formula is C28H28Cl2N6O. The first-order valence-electron chi connectivity index (χ1n) is 12.0. The second kappa shape index (κ2) is 9.47. The second-order valence-electron chi connectivity index (χ2n) is 10.5. The van der Waals surface area contributed by atoms with Crippen molar-refractivity contribution in [3.8, 4) is 0 Å². The van der Waals surface area contributed by atoms with Gasteiger partial charge in [-0.2, -0.15) is 5.10 Å². The number of nitrogens with one attached hydrogen (secondary N) is 2. The van der Waals surface area contributed by atoms with Crippen molar-refractivity contribution in [3.05, 3.63) is 92.3 Å². The van der Waals surface area contributed by atoms with Crippen LogP contribution in [0.2, 0.25) is 10.0 Å². The Morgan fingerprint density at radius 2 is 1.89 bits per heavy atom. The average molecular weight is 535 g/mol. The lowest BCUT2D eigenvalue weighted by molar-refractivity contribution is -0.118. The zero-order chi connectivity index (χ0) is 26.5. The van der Waals surface area contributed by atoms with E-state index in [1.807, 2.05) is 55.4 Å². The molecule has 0 fully saturated rings. The SMILES string of the molecule is CN(C)c1ccc(/C=N/n2cnc3c(c2=N)C(c2cccc(Cl)c2Cl)C2=C(CC(C)(C)CC2=O)N3)cc1. The molecule has 5 rings (SSSR count). The van der Waals surface area contributed by atoms with Crippen LogP contribution in [0.1, 0.15) is 49.3 Å². The van der Waals surface area contributed by atoms with Crippen LogP contribution >= 0.6 is 23.2 Å². The predicted molar refractivity (Wildman–Crippen MR) is 149 cm³/mol. The number of carbonyl (C=O) groups is 1. The van der Waals surface area contributed by atoms with E-state index in [0.717, 1.165) is 16.9 Å². The number of Topliss-reactive ketones (excluding diaryl/α,β-unsaturated/α-hetero) is 1. The van der Waals surface area contributed by atoms with E-state index >= 15 is 0 Å². The van der Waals surface area contributed by atoms with Crippen molar-refractivity contribution in [1.29, 1.82) is 5.41 Å². The summed E-state index contributed by atoms with van der Waals surface area (Å²) in [6.07, 6.45) is 4.29. The van der Waals surface area contributed by atoms with Gasteiger partial charge in [-0.3, -0.25) is 10.2 Å². The third kappa shape index (κ3) is 4.69. The Morgan fingerprint density at radius 3 is 2.59 bits per heavy atom. The number of aromatic nitrogens is 2. The highest BCUT2D eigenvalue weighted by Crippen LogP contribution is 2.49. The molecule has 2 N–H and O–H groups in total. The fourth-order valence-electron chi connectivity index (χ4n) is 5.05. The third-order valence-electron chi connectivity index (χ3n) is 6.84. The molecule has 7 nitrogen and oxygen atoms in total. The first-order valence-corrected chi connectivity index (χ1v) is 12.8. The molecule has 3 aromatic rings. The molecule has 9 heteroatoms. The number of allylic oxidation sites excluding steroid dienone is 2. The molecule has 0 spiro atoms. The van der Waals surface area contributed by atoms with E-state index in [-0.39, 0.29) is 16.7 Å². The predicted octanol–water partition coefficient (Wildman–Crippen LogP) is 5.82. The van der Waals surface area contributed by atoms with Crippen molar-refractivity contribution in [1.82, 2.24) is 9.66 Å². The summed E-state index contributed by atoms with van der Waals surface area (Å²) in [6, 6.07) is 13.3. The number of nitrogens with zero attached hydrogens (tertiary/aromatic N) is 4. The van der Waals surface area contributed by atoms with Crippen molar-refractivity contribution < 1.29 is 4.79 Å². The molecule has 1 atom stereocenters. The van der Waals surface area contributed by atoms with Crippen LogP contribution in [-0.4, -0.2) is 35.8 Å². The minimum Gasteiger partial charge on any atom is -0.378 e. The molecule has 1 aliphatic carbocycles. The standard InChI is InChI=1S/C28H28Cl2N6O/c1-28(2)12-20-23(21(37)13-28)22(18-6-5-7-19(29)25(18)30)24-26(31)36(15-32-27(24)34-20)33-14-16-8-10-17(11-9-16)35(3)4/h5-11,14-15,22,31,34H,12-13H2,1-4H3/b31-26?,33-14+. The smallest absolute Gasteiger partial charge is 0.162 e. The van der Waals surface area contributed by atoms with Gasteiger partial charge in [-0.1, -0.05) is 61.3 Å². The molecule has 0 bridgehead atoms. The number of benzene rings is 2. The first-order chi connectivity index (χ1) is 17.6. The van der Waals surface area contributed by atoms with E-state index in [4.69, 9.17) is 28.6 Å².